The van der Waals surface area contributed by atoms with E-state index in [1.165, 1.54) is 0 Å². The molecule has 1 N–H and O–H groups in total. The molecule has 1 aromatic carbocycles. The van der Waals surface area contributed by atoms with Crippen LogP contribution in [0.3, 0.4) is 0 Å². The lowest BCUT2D eigenvalue weighted by molar-refractivity contribution is -0.143. The Labute approximate surface area is 161 Å². The number of hydrogen-bond donors (Lipinski definition) is 1. The van der Waals surface area contributed by atoms with Crippen LogP contribution < -0.4 is 5.32 Å². The summed E-state index contributed by atoms with van der Waals surface area (Å²) in [6.45, 7) is 2.91. The highest BCUT2D eigenvalue weighted by Gasteiger charge is 2.31. The zero-order valence-corrected chi connectivity index (χ0v) is 15.8. The number of carbonyl (C=O) groups is 2. The van der Waals surface area contributed by atoms with Crippen LogP contribution in [0.4, 0.5) is 0 Å². The summed E-state index contributed by atoms with van der Waals surface area (Å²) in [6.07, 6.45) is 2.77. The molecule has 1 aromatic heterocycles. The SMILES string of the molecule is CC[C@H]1C(=O)NCCN1C(=O)CCc1ncc(-c2ccc(Cl)cc2Cl)o1. The molecule has 1 fully saturated rings. The van der Waals surface area contributed by atoms with Gasteiger partial charge in [-0.2, -0.15) is 0 Å². The maximum absolute atomic E-state index is 12.5. The number of hydrogen-bond acceptors (Lipinski definition) is 4. The molecule has 0 saturated carbocycles. The standard InChI is InChI=1S/C18H19Cl2N3O3/c1-2-14-18(25)21-7-8-23(14)17(24)6-5-16-22-10-15(26-16)12-4-3-11(19)9-13(12)20/h3-4,9-10,14H,2,5-8H2,1H3,(H,21,25)/t14-/m0/s1. The van der Waals surface area contributed by atoms with E-state index in [0.29, 0.717) is 53.2 Å². The maximum atomic E-state index is 12.5. The minimum Gasteiger partial charge on any atom is -0.441 e. The average molecular weight is 396 g/mol. The summed E-state index contributed by atoms with van der Waals surface area (Å²) in [5.41, 5.74) is 0.694. The highest BCUT2D eigenvalue weighted by atomic mass is 35.5. The number of oxazole rings is 1. The molecule has 1 aliphatic heterocycles. The lowest BCUT2D eigenvalue weighted by Gasteiger charge is -2.34. The predicted octanol–water partition coefficient (Wildman–Crippen LogP) is 3.32. The number of nitrogens with zero attached hydrogens (tertiary/aromatic N) is 2. The smallest absolute Gasteiger partial charge is 0.242 e. The van der Waals surface area contributed by atoms with Gasteiger partial charge in [0.25, 0.3) is 0 Å². The lowest BCUT2D eigenvalue weighted by Crippen LogP contribution is -2.56. The van der Waals surface area contributed by atoms with Crippen molar-refractivity contribution < 1.29 is 14.0 Å². The molecule has 2 heterocycles. The van der Waals surface area contributed by atoms with Gasteiger partial charge in [0, 0.05) is 36.5 Å². The zero-order chi connectivity index (χ0) is 18.7. The Morgan fingerprint density at radius 3 is 2.96 bits per heavy atom. The fourth-order valence-electron chi connectivity index (χ4n) is 3.02. The molecular weight excluding hydrogens is 377 g/mol. The molecule has 6 nitrogen and oxygen atoms in total. The fraction of sp³-hybridized carbons (Fsp3) is 0.389. The third kappa shape index (κ3) is 4.02. The molecule has 1 saturated heterocycles. The van der Waals surface area contributed by atoms with Crippen LogP contribution in [0.2, 0.25) is 10.0 Å². The van der Waals surface area contributed by atoms with Gasteiger partial charge < -0.3 is 14.6 Å². The van der Waals surface area contributed by atoms with Gasteiger partial charge in [0.2, 0.25) is 11.8 Å². The Kier molecular flexibility index (Phi) is 5.84. The van der Waals surface area contributed by atoms with E-state index < -0.39 is 6.04 Å². The predicted molar refractivity (Wildman–Crippen MR) is 99.1 cm³/mol. The van der Waals surface area contributed by atoms with E-state index in [4.69, 9.17) is 27.6 Å². The Balaban J connectivity index is 1.64. The number of amides is 2. The van der Waals surface area contributed by atoms with Gasteiger partial charge in [-0.1, -0.05) is 30.1 Å². The van der Waals surface area contributed by atoms with Gasteiger partial charge in [-0.15, -0.1) is 0 Å². The fourth-order valence-corrected chi connectivity index (χ4v) is 3.52. The van der Waals surface area contributed by atoms with Crippen LogP contribution in [0.5, 0.6) is 0 Å². The van der Waals surface area contributed by atoms with Gasteiger partial charge in [0.15, 0.2) is 11.7 Å². The van der Waals surface area contributed by atoms with E-state index in [9.17, 15) is 9.59 Å². The van der Waals surface area contributed by atoms with Crippen molar-refractivity contribution in [1.82, 2.24) is 15.2 Å². The van der Waals surface area contributed by atoms with E-state index in [0.717, 1.165) is 0 Å². The van der Waals surface area contributed by atoms with Crippen molar-refractivity contribution in [3.05, 3.63) is 40.3 Å². The van der Waals surface area contributed by atoms with Crippen molar-refractivity contribution in [2.75, 3.05) is 13.1 Å². The highest BCUT2D eigenvalue weighted by molar-refractivity contribution is 6.36. The lowest BCUT2D eigenvalue weighted by atomic mass is 10.1. The Morgan fingerprint density at radius 2 is 2.23 bits per heavy atom. The van der Waals surface area contributed by atoms with Gasteiger partial charge in [-0.25, -0.2) is 4.98 Å². The van der Waals surface area contributed by atoms with Crippen LogP contribution >= 0.6 is 23.2 Å². The number of aryl methyl sites for hydroxylation is 1. The first-order valence-corrected chi connectivity index (χ1v) is 9.22. The molecule has 0 bridgehead atoms. The molecule has 2 amide bonds. The summed E-state index contributed by atoms with van der Waals surface area (Å²) >= 11 is 12.1. The molecule has 138 valence electrons. The second-order valence-corrected chi connectivity index (χ2v) is 6.89. The van der Waals surface area contributed by atoms with E-state index >= 15 is 0 Å². The summed E-state index contributed by atoms with van der Waals surface area (Å²) in [6, 6.07) is 4.72. The van der Waals surface area contributed by atoms with E-state index in [1.807, 2.05) is 6.92 Å². The van der Waals surface area contributed by atoms with Crippen LogP contribution in [-0.2, 0) is 16.0 Å². The zero-order valence-electron chi connectivity index (χ0n) is 14.3. The minimum atomic E-state index is -0.399. The second kappa shape index (κ2) is 8.10. The maximum Gasteiger partial charge on any atom is 0.242 e. The summed E-state index contributed by atoms with van der Waals surface area (Å²) in [5.74, 6) is 0.811. The molecule has 0 unspecified atom stereocenters. The number of nitrogens with one attached hydrogen (secondary N) is 1. The first kappa shape index (κ1) is 18.7. The quantitative estimate of drug-likeness (QED) is 0.842. The second-order valence-electron chi connectivity index (χ2n) is 6.04. The number of aromatic nitrogens is 1. The molecular formula is C18H19Cl2N3O3. The Hall–Kier alpha value is -2.05. The Morgan fingerprint density at radius 1 is 1.42 bits per heavy atom. The summed E-state index contributed by atoms with van der Waals surface area (Å²) in [5, 5.41) is 3.80. The molecule has 0 aliphatic carbocycles. The van der Waals surface area contributed by atoms with Crippen LogP contribution in [-0.4, -0.2) is 40.8 Å². The first-order chi connectivity index (χ1) is 12.5. The molecule has 1 atom stereocenters. The van der Waals surface area contributed by atoms with Crippen LogP contribution in [0.15, 0.2) is 28.8 Å². The van der Waals surface area contributed by atoms with E-state index in [2.05, 4.69) is 10.3 Å². The van der Waals surface area contributed by atoms with Gasteiger partial charge in [-0.3, -0.25) is 9.59 Å². The summed E-state index contributed by atoms with van der Waals surface area (Å²) < 4.78 is 5.71. The summed E-state index contributed by atoms with van der Waals surface area (Å²) in [4.78, 5) is 30.2. The van der Waals surface area contributed by atoms with Gasteiger partial charge in [0.05, 0.1) is 11.2 Å². The van der Waals surface area contributed by atoms with Crippen LogP contribution in [0.1, 0.15) is 25.7 Å². The van der Waals surface area contributed by atoms with Crippen molar-refractivity contribution >= 4 is 35.0 Å². The minimum absolute atomic E-state index is 0.0732. The third-order valence-electron chi connectivity index (χ3n) is 4.34. The van der Waals surface area contributed by atoms with Gasteiger partial charge >= 0.3 is 0 Å². The molecule has 3 rings (SSSR count). The molecule has 0 spiro atoms. The summed E-state index contributed by atoms with van der Waals surface area (Å²) in [7, 11) is 0. The normalized spacial score (nSPS) is 17.3. The van der Waals surface area contributed by atoms with E-state index in [1.54, 1.807) is 29.3 Å². The monoisotopic (exact) mass is 395 g/mol. The number of carbonyl (C=O) groups excluding carboxylic acids is 2. The van der Waals surface area contributed by atoms with Gasteiger partial charge in [-0.05, 0) is 24.6 Å². The van der Waals surface area contributed by atoms with Crippen molar-refractivity contribution in [2.45, 2.75) is 32.2 Å². The molecule has 0 radical (unpaired) electrons. The molecule has 1 aliphatic rings. The first-order valence-electron chi connectivity index (χ1n) is 8.47. The van der Waals surface area contributed by atoms with Gasteiger partial charge in [0.1, 0.15) is 6.04 Å². The third-order valence-corrected chi connectivity index (χ3v) is 4.89. The Bertz CT molecular complexity index is 822. The van der Waals surface area contributed by atoms with Crippen molar-refractivity contribution in [3.63, 3.8) is 0 Å². The van der Waals surface area contributed by atoms with Crippen molar-refractivity contribution in [1.29, 1.82) is 0 Å². The number of halogens is 2. The number of benzene rings is 1. The molecule has 2 aromatic rings. The van der Waals surface area contributed by atoms with Crippen molar-refractivity contribution in [2.24, 2.45) is 0 Å². The topological polar surface area (TPSA) is 75.4 Å². The average Bonchev–Trinajstić information content (AvgIpc) is 3.08. The molecule has 26 heavy (non-hydrogen) atoms. The van der Waals surface area contributed by atoms with Crippen LogP contribution in [0.25, 0.3) is 11.3 Å². The molecule has 8 heteroatoms. The number of piperazine rings is 1. The van der Waals surface area contributed by atoms with Crippen LogP contribution in [0, 0.1) is 0 Å². The number of rotatable bonds is 5. The van der Waals surface area contributed by atoms with Crippen molar-refractivity contribution in [3.8, 4) is 11.3 Å². The largest absolute Gasteiger partial charge is 0.441 e. The highest BCUT2D eigenvalue weighted by Crippen LogP contribution is 2.30. The van der Waals surface area contributed by atoms with E-state index in [-0.39, 0.29) is 18.2 Å².